The highest BCUT2D eigenvalue weighted by molar-refractivity contribution is 5.86. The molecule has 0 aliphatic carbocycles. The van der Waals surface area contributed by atoms with E-state index in [1.54, 1.807) is 12.4 Å². The summed E-state index contributed by atoms with van der Waals surface area (Å²) >= 11 is 0. The van der Waals surface area contributed by atoms with Crippen molar-refractivity contribution in [3.05, 3.63) is 36.8 Å². The largest absolute Gasteiger partial charge is 0.366 e. The molecule has 2 aromatic rings. The van der Waals surface area contributed by atoms with Crippen LogP contribution in [0.3, 0.4) is 0 Å². The predicted molar refractivity (Wildman–Crippen MR) is 112 cm³/mol. The fourth-order valence-electron chi connectivity index (χ4n) is 4.01. The quantitative estimate of drug-likeness (QED) is 0.771. The van der Waals surface area contributed by atoms with Crippen LogP contribution in [0.15, 0.2) is 36.8 Å². The van der Waals surface area contributed by atoms with Crippen LogP contribution in [0.25, 0.3) is 0 Å². The van der Waals surface area contributed by atoms with Gasteiger partial charge in [-0.3, -0.25) is 9.48 Å². The highest BCUT2D eigenvalue weighted by Crippen LogP contribution is 2.30. The van der Waals surface area contributed by atoms with E-state index >= 15 is 0 Å². The topological polar surface area (TPSA) is 88.0 Å². The highest BCUT2D eigenvalue weighted by Gasteiger charge is 2.45. The molecule has 2 saturated heterocycles. The molecule has 2 aliphatic heterocycles. The number of carbonyl (C=O) groups is 1. The molecule has 28 heavy (non-hydrogen) atoms. The number of amides is 1. The Hall–Kier alpha value is -1.90. The Labute approximate surface area is 177 Å². The molecule has 2 aliphatic rings. The van der Waals surface area contributed by atoms with Gasteiger partial charge in [0.1, 0.15) is 11.4 Å². The molecule has 0 aromatic carbocycles. The third-order valence-electron chi connectivity index (χ3n) is 5.48. The summed E-state index contributed by atoms with van der Waals surface area (Å²) in [5, 5.41) is 19.2. The zero-order chi connectivity index (χ0) is 17.8. The fraction of sp³-hybridized carbons (Fsp3) is 0.556. The summed E-state index contributed by atoms with van der Waals surface area (Å²) in [7, 11) is 0. The van der Waals surface area contributed by atoms with Crippen molar-refractivity contribution in [1.29, 1.82) is 0 Å². The average molecular weight is 428 g/mol. The number of aromatic nitrogens is 4. The van der Waals surface area contributed by atoms with Crippen LogP contribution in [0.1, 0.15) is 25.7 Å². The van der Waals surface area contributed by atoms with Gasteiger partial charge in [-0.15, -0.1) is 29.9 Å². The summed E-state index contributed by atoms with van der Waals surface area (Å²) in [6.45, 7) is 3.20. The van der Waals surface area contributed by atoms with E-state index in [0.717, 1.165) is 57.7 Å². The molecule has 8 nitrogen and oxygen atoms in total. The summed E-state index contributed by atoms with van der Waals surface area (Å²) in [5.74, 6) is 1.00. The van der Waals surface area contributed by atoms with Crippen molar-refractivity contribution < 1.29 is 4.79 Å². The van der Waals surface area contributed by atoms with E-state index in [4.69, 9.17) is 0 Å². The number of rotatable bonds is 4. The van der Waals surface area contributed by atoms with Crippen molar-refractivity contribution >= 4 is 36.5 Å². The van der Waals surface area contributed by atoms with E-state index in [0.29, 0.717) is 6.04 Å². The normalized spacial score (nSPS) is 19.2. The summed E-state index contributed by atoms with van der Waals surface area (Å²) in [6.07, 6.45) is 8.74. The van der Waals surface area contributed by atoms with E-state index < -0.39 is 5.54 Å². The van der Waals surface area contributed by atoms with Crippen LogP contribution in [0.2, 0.25) is 0 Å². The second kappa shape index (κ2) is 10.0. The number of likely N-dealkylation sites (tertiary alicyclic amines) is 1. The molecule has 2 aromatic heterocycles. The average Bonchev–Trinajstić information content (AvgIpc) is 3.25. The summed E-state index contributed by atoms with van der Waals surface area (Å²) in [5.41, 5.74) is -0.542. The molecule has 2 fully saturated rings. The second-order valence-electron chi connectivity index (χ2n) is 7.05. The second-order valence-corrected chi connectivity index (χ2v) is 7.05. The van der Waals surface area contributed by atoms with Crippen LogP contribution in [0, 0.1) is 0 Å². The van der Waals surface area contributed by atoms with E-state index in [1.165, 1.54) is 0 Å². The summed E-state index contributed by atoms with van der Waals surface area (Å²) in [6, 6.07) is 6.02. The van der Waals surface area contributed by atoms with Gasteiger partial charge in [-0.1, -0.05) is 0 Å². The lowest BCUT2D eigenvalue weighted by molar-refractivity contribution is -0.144. The first-order chi connectivity index (χ1) is 12.8. The lowest BCUT2D eigenvalue weighted by Crippen LogP contribution is -2.57. The first-order valence-corrected chi connectivity index (χ1v) is 9.32. The molecule has 0 saturated carbocycles. The Kier molecular flexibility index (Phi) is 8.03. The lowest BCUT2D eigenvalue weighted by Gasteiger charge is -2.42. The Morgan fingerprint density at radius 3 is 2.50 bits per heavy atom. The number of hydrogen-bond acceptors (Lipinski definition) is 6. The molecule has 0 bridgehead atoms. The minimum absolute atomic E-state index is 0. The van der Waals surface area contributed by atoms with Gasteiger partial charge in [0.15, 0.2) is 0 Å². The SMILES string of the molecule is Cl.Cl.O=C(N1CCC(Nc2cccnn2)CC1)C1(n2cccn2)CCNCC1. The van der Waals surface area contributed by atoms with Gasteiger partial charge in [0, 0.05) is 37.7 Å². The Bertz CT molecular complexity index is 715. The maximum absolute atomic E-state index is 13.4. The highest BCUT2D eigenvalue weighted by atomic mass is 35.5. The molecule has 154 valence electrons. The number of carbonyl (C=O) groups excluding carboxylic acids is 1. The van der Waals surface area contributed by atoms with Gasteiger partial charge in [-0.25, -0.2) is 0 Å². The van der Waals surface area contributed by atoms with Gasteiger partial charge < -0.3 is 15.5 Å². The van der Waals surface area contributed by atoms with Gasteiger partial charge in [-0.2, -0.15) is 10.2 Å². The molecular formula is C18H27Cl2N7O. The van der Waals surface area contributed by atoms with Gasteiger partial charge >= 0.3 is 0 Å². The van der Waals surface area contributed by atoms with E-state index in [-0.39, 0.29) is 30.7 Å². The third kappa shape index (κ3) is 4.56. The maximum Gasteiger partial charge on any atom is 0.250 e. The number of piperidine rings is 2. The molecule has 4 heterocycles. The van der Waals surface area contributed by atoms with Crippen molar-refractivity contribution in [1.82, 2.24) is 30.2 Å². The van der Waals surface area contributed by atoms with Gasteiger partial charge in [0.25, 0.3) is 5.91 Å². The number of nitrogens with one attached hydrogen (secondary N) is 2. The van der Waals surface area contributed by atoms with Crippen LogP contribution in [-0.4, -0.2) is 63.0 Å². The number of hydrogen-bond donors (Lipinski definition) is 2. The third-order valence-corrected chi connectivity index (χ3v) is 5.48. The lowest BCUT2D eigenvalue weighted by atomic mass is 9.86. The van der Waals surface area contributed by atoms with Crippen molar-refractivity contribution in [2.75, 3.05) is 31.5 Å². The minimum atomic E-state index is -0.542. The molecule has 0 spiro atoms. The summed E-state index contributed by atoms with van der Waals surface area (Å²) in [4.78, 5) is 15.4. The summed E-state index contributed by atoms with van der Waals surface area (Å²) < 4.78 is 1.88. The standard InChI is InChI=1S/C18H25N7O.2ClH/c26-17(18(6-10-19-11-7-18)25-12-2-9-21-25)24-13-4-15(5-14-24)22-16-3-1-8-20-23-16;;/h1-3,8-9,12,15,19H,4-7,10-11,13-14H2,(H,22,23);2*1H. The van der Waals surface area contributed by atoms with Gasteiger partial charge in [-0.05, 0) is 57.0 Å². The van der Waals surface area contributed by atoms with E-state index in [2.05, 4.69) is 25.9 Å². The monoisotopic (exact) mass is 427 g/mol. The van der Waals surface area contributed by atoms with Crippen molar-refractivity contribution in [3.8, 4) is 0 Å². The molecule has 0 atom stereocenters. The molecule has 2 N–H and O–H groups in total. The van der Waals surface area contributed by atoms with Crippen molar-refractivity contribution in [2.24, 2.45) is 0 Å². The minimum Gasteiger partial charge on any atom is -0.366 e. The van der Waals surface area contributed by atoms with Crippen LogP contribution >= 0.6 is 24.8 Å². The number of halogens is 2. The number of nitrogens with zero attached hydrogens (tertiary/aromatic N) is 5. The number of anilines is 1. The first kappa shape index (κ1) is 22.4. The molecule has 0 unspecified atom stereocenters. The molecule has 4 rings (SSSR count). The van der Waals surface area contributed by atoms with E-state index in [9.17, 15) is 4.79 Å². The fourth-order valence-corrected chi connectivity index (χ4v) is 4.01. The maximum atomic E-state index is 13.4. The van der Waals surface area contributed by atoms with E-state index in [1.807, 2.05) is 34.0 Å². The first-order valence-electron chi connectivity index (χ1n) is 9.32. The van der Waals surface area contributed by atoms with Crippen LogP contribution < -0.4 is 10.6 Å². The Morgan fingerprint density at radius 2 is 1.89 bits per heavy atom. The van der Waals surface area contributed by atoms with Crippen molar-refractivity contribution in [3.63, 3.8) is 0 Å². The van der Waals surface area contributed by atoms with Gasteiger partial charge in [0.2, 0.25) is 0 Å². The molecule has 0 radical (unpaired) electrons. The van der Waals surface area contributed by atoms with Crippen molar-refractivity contribution in [2.45, 2.75) is 37.3 Å². The van der Waals surface area contributed by atoms with Crippen LogP contribution in [0.5, 0.6) is 0 Å². The zero-order valence-corrected chi connectivity index (χ0v) is 17.3. The van der Waals surface area contributed by atoms with Crippen LogP contribution in [-0.2, 0) is 10.3 Å². The zero-order valence-electron chi connectivity index (χ0n) is 15.7. The molecular weight excluding hydrogens is 401 g/mol. The van der Waals surface area contributed by atoms with Crippen LogP contribution in [0.4, 0.5) is 5.82 Å². The molecule has 10 heteroatoms. The smallest absolute Gasteiger partial charge is 0.250 e. The van der Waals surface area contributed by atoms with Gasteiger partial charge in [0.05, 0.1) is 0 Å². The Balaban J connectivity index is 0.00000140. The predicted octanol–water partition coefficient (Wildman–Crippen LogP) is 1.70. The molecule has 1 amide bonds. The Morgan fingerprint density at radius 1 is 1.14 bits per heavy atom.